The molecule has 0 spiro atoms. The normalized spacial score (nSPS) is 10.2. The molecule has 0 radical (unpaired) electrons. The van der Waals surface area contributed by atoms with Crippen molar-refractivity contribution < 1.29 is 20.1 Å². The summed E-state index contributed by atoms with van der Waals surface area (Å²) in [6, 6.07) is 10.7. The van der Waals surface area contributed by atoms with Gasteiger partial charge in [-0.05, 0) is 52.3 Å². The molecule has 5 nitrogen and oxygen atoms in total. The van der Waals surface area contributed by atoms with Crippen LogP contribution in [-0.4, -0.2) is 31.0 Å². The predicted octanol–water partition coefficient (Wildman–Crippen LogP) is 3.10. The van der Waals surface area contributed by atoms with Gasteiger partial charge in [0.1, 0.15) is 5.75 Å². The van der Waals surface area contributed by atoms with E-state index in [4.69, 9.17) is 9.47 Å². The van der Waals surface area contributed by atoms with Gasteiger partial charge in [-0.1, -0.05) is 0 Å². The minimum absolute atomic E-state index is 0. The lowest BCUT2D eigenvalue weighted by Gasteiger charge is -2.06. The number of aliphatic imine (C=N–C) groups is 1. The van der Waals surface area contributed by atoms with Crippen molar-refractivity contribution in [2.75, 3.05) is 14.2 Å². The second kappa shape index (κ2) is 7.66. The lowest BCUT2D eigenvalue weighted by molar-refractivity contribution is 0.373. The van der Waals surface area contributed by atoms with Gasteiger partial charge < -0.3 is 20.1 Å². The molecule has 0 aliphatic heterocycles. The van der Waals surface area contributed by atoms with Crippen molar-refractivity contribution in [2.24, 2.45) is 4.99 Å². The van der Waals surface area contributed by atoms with E-state index in [9.17, 15) is 5.11 Å². The maximum absolute atomic E-state index is 9.65. The molecule has 6 heteroatoms. The van der Waals surface area contributed by atoms with Crippen molar-refractivity contribution in [3.8, 4) is 17.2 Å². The zero-order chi connectivity index (χ0) is 14.5. The minimum atomic E-state index is 0. The van der Waals surface area contributed by atoms with Crippen LogP contribution in [0.1, 0.15) is 5.56 Å². The Labute approximate surface area is 131 Å². The molecular weight excluding hydrogens is 338 g/mol. The van der Waals surface area contributed by atoms with Crippen molar-refractivity contribution >= 4 is 27.8 Å². The van der Waals surface area contributed by atoms with Crippen LogP contribution in [0.4, 0.5) is 5.69 Å². The standard InChI is InChI=1S/C15H14BrNO3.H2O/c1-19-12-5-3-11(4-6-12)17-9-10-7-15(20-2)14(18)8-13(10)16;/h3-9,18H,1-2H3;1H2. The molecule has 0 saturated carbocycles. The second-order valence-electron chi connectivity index (χ2n) is 4.00. The molecule has 0 saturated heterocycles. The summed E-state index contributed by atoms with van der Waals surface area (Å²) in [6.45, 7) is 0. The Bertz CT molecular complexity index is 626. The monoisotopic (exact) mass is 353 g/mol. The zero-order valence-electron chi connectivity index (χ0n) is 11.6. The fourth-order valence-corrected chi connectivity index (χ4v) is 2.07. The molecule has 2 aromatic carbocycles. The average molecular weight is 354 g/mol. The van der Waals surface area contributed by atoms with E-state index in [0.29, 0.717) is 5.75 Å². The van der Waals surface area contributed by atoms with Crippen molar-refractivity contribution in [3.63, 3.8) is 0 Å². The van der Waals surface area contributed by atoms with E-state index < -0.39 is 0 Å². The van der Waals surface area contributed by atoms with Gasteiger partial charge in [0.15, 0.2) is 11.5 Å². The highest BCUT2D eigenvalue weighted by molar-refractivity contribution is 9.10. The number of benzene rings is 2. The van der Waals surface area contributed by atoms with Gasteiger partial charge in [0.05, 0.1) is 19.9 Å². The molecule has 0 heterocycles. The third kappa shape index (κ3) is 4.21. The Balaban J connectivity index is 0.00000220. The van der Waals surface area contributed by atoms with E-state index >= 15 is 0 Å². The Hall–Kier alpha value is -2.05. The minimum Gasteiger partial charge on any atom is -0.504 e. The number of hydrogen-bond acceptors (Lipinski definition) is 4. The van der Waals surface area contributed by atoms with Gasteiger partial charge in [-0.3, -0.25) is 4.99 Å². The number of methoxy groups -OCH3 is 2. The van der Waals surface area contributed by atoms with Crippen molar-refractivity contribution in [3.05, 3.63) is 46.4 Å². The first-order chi connectivity index (χ1) is 9.63. The van der Waals surface area contributed by atoms with Crippen LogP contribution < -0.4 is 9.47 Å². The van der Waals surface area contributed by atoms with Crippen LogP contribution in [0.2, 0.25) is 0 Å². The van der Waals surface area contributed by atoms with Gasteiger partial charge in [0, 0.05) is 16.3 Å². The first kappa shape index (κ1) is 17.0. The summed E-state index contributed by atoms with van der Waals surface area (Å²) in [5.74, 6) is 1.28. The summed E-state index contributed by atoms with van der Waals surface area (Å²) < 4.78 is 10.9. The van der Waals surface area contributed by atoms with E-state index in [1.54, 1.807) is 25.5 Å². The van der Waals surface area contributed by atoms with E-state index in [2.05, 4.69) is 20.9 Å². The summed E-state index contributed by atoms with van der Waals surface area (Å²) >= 11 is 3.38. The van der Waals surface area contributed by atoms with Gasteiger partial charge in [0.25, 0.3) is 0 Å². The number of hydrogen-bond donors (Lipinski definition) is 1. The second-order valence-corrected chi connectivity index (χ2v) is 4.86. The van der Waals surface area contributed by atoms with Crippen molar-refractivity contribution in [1.29, 1.82) is 0 Å². The topological polar surface area (TPSA) is 82.5 Å². The fraction of sp³-hybridized carbons (Fsp3) is 0.133. The molecular formula is C15H16BrNO4. The number of phenolic OH excluding ortho intramolecular Hbond substituents is 1. The van der Waals surface area contributed by atoms with Crippen LogP contribution in [-0.2, 0) is 0 Å². The third-order valence-corrected chi connectivity index (χ3v) is 3.41. The fourth-order valence-electron chi connectivity index (χ4n) is 1.63. The lowest BCUT2D eigenvalue weighted by atomic mass is 10.2. The molecule has 0 fully saturated rings. The maximum atomic E-state index is 9.65. The molecule has 0 amide bonds. The number of ether oxygens (including phenoxy) is 2. The van der Waals surface area contributed by atoms with E-state index in [0.717, 1.165) is 21.5 Å². The summed E-state index contributed by atoms with van der Waals surface area (Å²) in [7, 11) is 3.13. The average Bonchev–Trinajstić information content (AvgIpc) is 2.47. The number of halogens is 1. The molecule has 2 rings (SSSR count). The van der Waals surface area contributed by atoms with Crippen LogP contribution in [0.15, 0.2) is 45.9 Å². The Morgan fingerprint density at radius 2 is 1.76 bits per heavy atom. The SMILES string of the molecule is COc1ccc(N=Cc2cc(OC)c(O)cc2Br)cc1.O. The molecule has 0 aliphatic carbocycles. The molecule has 0 atom stereocenters. The number of nitrogens with zero attached hydrogens (tertiary/aromatic N) is 1. The number of phenols is 1. The summed E-state index contributed by atoms with van der Waals surface area (Å²) in [6.07, 6.45) is 1.70. The van der Waals surface area contributed by atoms with E-state index in [1.807, 2.05) is 24.3 Å². The van der Waals surface area contributed by atoms with Crippen molar-refractivity contribution in [2.45, 2.75) is 0 Å². The highest BCUT2D eigenvalue weighted by Crippen LogP contribution is 2.31. The van der Waals surface area contributed by atoms with Crippen LogP contribution in [0.5, 0.6) is 17.2 Å². The quantitative estimate of drug-likeness (QED) is 0.857. The summed E-state index contributed by atoms with van der Waals surface area (Å²) in [5, 5.41) is 9.65. The molecule has 0 unspecified atom stereocenters. The van der Waals surface area contributed by atoms with Crippen LogP contribution in [0.25, 0.3) is 0 Å². The Morgan fingerprint density at radius 3 is 2.33 bits per heavy atom. The molecule has 3 N–H and O–H groups in total. The van der Waals surface area contributed by atoms with Gasteiger partial charge >= 0.3 is 0 Å². The summed E-state index contributed by atoms with van der Waals surface area (Å²) in [5.41, 5.74) is 1.63. The van der Waals surface area contributed by atoms with Crippen LogP contribution >= 0.6 is 15.9 Å². The first-order valence-corrected chi connectivity index (χ1v) is 6.68. The maximum Gasteiger partial charge on any atom is 0.161 e. The van der Waals surface area contributed by atoms with E-state index in [1.165, 1.54) is 7.11 Å². The molecule has 0 aliphatic rings. The van der Waals surface area contributed by atoms with Crippen LogP contribution in [0.3, 0.4) is 0 Å². The number of rotatable bonds is 4. The third-order valence-electron chi connectivity index (χ3n) is 2.72. The molecule has 112 valence electrons. The lowest BCUT2D eigenvalue weighted by Crippen LogP contribution is -1.89. The Morgan fingerprint density at radius 1 is 1.10 bits per heavy atom. The molecule has 21 heavy (non-hydrogen) atoms. The smallest absolute Gasteiger partial charge is 0.161 e. The first-order valence-electron chi connectivity index (χ1n) is 5.88. The zero-order valence-corrected chi connectivity index (χ0v) is 13.2. The van der Waals surface area contributed by atoms with Gasteiger partial charge in [-0.2, -0.15) is 0 Å². The van der Waals surface area contributed by atoms with Crippen molar-refractivity contribution in [1.82, 2.24) is 0 Å². The summed E-state index contributed by atoms with van der Waals surface area (Å²) in [4.78, 5) is 4.37. The Kier molecular flexibility index (Phi) is 6.20. The predicted molar refractivity (Wildman–Crippen MR) is 86.2 cm³/mol. The number of aromatic hydroxyl groups is 1. The molecule has 2 aromatic rings. The highest BCUT2D eigenvalue weighted by atomic mass is 79.9. The van der Waals surface area contributed by atoms with Crippen LogP contribution in [0, 0.1) is 0 Å². The molecule has 0 bridgehead atoms. The van der Waals surface area contributed by atoms with Gasteiger partial charge in [-0.15, -0.1) is 0 Å². The van der Waals surface area contributed by atoms with Gasteiger partial charge in [0.2, 0.25) is 0 Å². The van der Waals surface area contributed by atoms with E-state index in [-0.39, 0.29) is 11.2 Å². The largest absolute Gasteiger partial charge is 0.504 e. The molecule has 0 aromatic heterocycles. The highest BCUT2D eigenvalue weighted by Gasteiger charge is 2.06. The van der Waals surface area contributed by atoms with Gasteiger partial charge in [-0.25, -0.2) is 0 Å².